The van der Waals surface area contributed by atoms with Gasteiger partial charge in [-0.15, -0.1) is 0 Å². The Morgan fingerprint density at radius 1 is 1.28 bits per heavy atom. The van der Waals surface area contributed by atoms with Gasteiger partial charge < -0.3 is 10.4 Å². The van der Waals surface area contributed by atoms with Crippen molar-refractivity contribution in [3.63, 3.8) is 0 Å². The van der Waals surface area contributed by atoms with E-state index in [2.05, 4.69) is 5.32 Å². The van der Waals surface area contributed by atoms with E-state index >= 15 is 0 Å². The number of amides is 1. The third-order valence-corrected chi connectivity index (χ3v) is 3.42. The second-order valence-electron chi connectivity index (χ2n) is 4.36. The predicted molar refractivity (Wildman–Crippen MR) is 73.9 cm³/mol. The highest BCUT2D eigenvalue weighted by molar-refractivity contribution is 6.30. The second kappa shape index (κ2) is 7.39. The van der Waals surface area contributed by atoms with Crippen LogP contribution in [0.4, 0.5) is 0 Å². The third kappa shape index (κ3) is 4.31. The molecule has 4 heteroatoms. The van der Waals surface area contributed by atoms with E-state index in [9.17, 15) is 9.90 Å². The summed E-state index contributed by atoms with van der Waals surface area (Å²) in [6.45, 7) is 4.37. The molecule has 0 fully saturated rings. The molecule has 0 aliphatic rings. The molecule has 0 saturated carbocycles. The Balaban J connectivity index is 2.48. The molecule has 100 valence electrons. The molecule has 18 heavy (non-hydrogen) atoms. The lowest BCUT2D eigenvalue weighted by Crippen LogP contribution is -2.36. The number of rotatable bonds is 6. The van der Waals surface area contributed by atoms with Gasteiger partial charge in [0, 0.05) is 17.1 Å². The molecule has 1 amide bonds. The highest BCUT2D eigenvalue weighted by Crippen LogP contribution is 2.13. The number of hydrogen-bond acceptors (Lipinski definition) is 2. The molecule has 1 rings (SSSR count). The molecule has 1 unspecified atom stereocenters. The van der Waals surface area contributed by atoms with Gasteiger partial charge in [-0.3, -0.25) is 4.79 Å². The van der Waals surface area contributed by atoms with Gasteiger partial charge in [0.25, 0.3) is 5.91 Å². The maximum absolute atomic E-state index is 11.8. The molecule has 0 aliphatic heterocycles. The maximum atomic E-state index is 11.8. The van der Waals surface area contributed by atoms with E-state index in [0.29, 0.717) is 10.6 Å². The van der Waals surface area contributed by atoms with E-state index in [4.69, 9.17) is 11.6 Å². The zero-order chi connectivity index (χ0) is 13.5. The molecule has 1 atom stereocenters. The molecule has 3 nitrogen and oxygen atoms in total. The van der Waals surface area contributed by atoms with Crippen LogP contribution in [0.25, 0.3) is 0 Å². The van der Waals surface area contributed by atoms with E-state index in [-0.39, 0.29) is 18.4 Å². The van der Waals surface area contributed by atoms with Crippen LogP contribution in [0.15, 0.2) is 24.3 Å². The molecule has 0 saturated heterocycles. The molecule has 0 heterocycles. The molecule has 2 N–H and O–H groups in total. The third-order valence-electron chi connectivity index (χ3n) is 3.17. The van der Waals surface area contributed by atoms with E-state index < -0.39 is 6.10 Å². The van der Waals surface area contributed by atoms with E-state index in [0.717, 1.165) is 12.8 Å². The van der Waals surface area contributed by atoms with Crippen molar-refractivity contribution in [3.05, 3.63) is 34.9 Å². The van der Waals surface area contributed by atoms with Crippen LogP contribution in [0.3, 0.4) is 0 Å². The Kier molecular flexibility index (Phi) is 6.16. The Hall–Kier alpha value is -1.06. The molecule has 0 bridgehead atoms. The number of benzene rings is 1. The topological polar surface area (TPSA) is 49.3 Å². The van der Waals surface area contributed by atoms with Gasteiger partial charge in [-0.1, -0.05) is 38.3 Å². The first-order chi connectivity index (χ1) is 8.58. The van der Waals surface area contributed by atoms with E-state index in [1.807, 2.05) is 13.8 Å². The normalized spacial score (nSPS) is 12.5. The Labute approximate surface area is 113 Å². The Morgan fingerprint density at radius 3 is 2.33 bits per heavy atom. The summed E-state index contributed by atoms with van der Waals surface area (Å²) in [6.07, 6.45) is 1.33. The van der Waals surface area contributed by atoms with Gasteiger partial charge in [-0.05, 0) is 30.2 Å². The van der Waals surface area contributed by atoms with Crippen LogP contribution in [0.5, 0.6) is 0 Å². The monoisotopic (exact) mass is 269 g/mol. The zero-order valence-electron chi connectivity index (χ0n) is 10.8. The van der Waals surface area contributed by atoms with Gasteiger partial charge in [-0.25, -0.2) is 0 Å². The molecule has 1 aromatic carbocycles. The SMILES string of the molecule is CCC(CC)C(O)CNC(=O)c1ccc(Cl)cc1. The predicted octanol–water partition coefficient (Wildman–Crippen LogP) is 2.87. The first-order valence-corrected chi connectivity index (χ1v) is 6.68. The van der Waals surface area contributed by atoms with Crippen molar-refractivity contribution in [1.29, 1.82) is 0 Å². The summed E-state index contributed by atoms with van der Waals surface area (Å²) >= 11 is 5.75. The summed E-state index contributed by atoms with van der Waals surface area (Å²) in [5, 5.41) is 13.2. The molecule has 0 radical (unpaired) electrons. The fourth-order valence-electron chi connectivity index (χ4n) is 1.90. The molecular formula is C14H20ClNO2. The lowest BCUT2D eigenvalue weighted by atomic mass is 9.96. The summed E-state index contributed by atoms with van der Waals surface area (Å²) in [5.41, 5.74) is 0.552. The average molecular weight is 270 g/mol. The lowest BCUT2D eigenvalue weighted by Gasteiger charge is -2.20. The summed E-state index contributed by atoms with van der Waals surface area (Å²) in [7, 11) is 0. The second-order valence-corrected chi connectivity index (χ2v) is 4.80. The van der Waals surface area contributed by atoms with Crippen LogP contribution < -0.4 is 5.32 Å². The van der Waals surface area contributed by atoms with Crippen LogP contribution in [-0.4, -0.2) is 23.7 Å². The molecule has 0 aromatic heterocycles. The summed E-state index contributed by atoms with van der Waals surface area (Å²) in [6, 6.07) is 6.68. The molecule has 1 aromatic rings. The Bertz CT molecular complexity index is 374. The summed E-state index contributed by atoms with van der Waals surface area (Å²) in [4.78, 5) is 11.8. The smallest absolute Gasteiger partial charge is 0.251 e. The van der Waals surface area contributed by atoms with Crippen molar-refractivity contribution in [3.8, 4) is 0 Å². The average Bonchev–Trinajstić information content (AvgIpc) is 2.38. The number of nitrogens with one attached hydrogen (secondary N) is 1. The highest BCUT2D eigenvalue weighted by Gasteiger charge is 2.16. The molecule has 0 aliphatic carbocycles. The number of aliphatic hydroxyl groups is 1. The minimum absolute atomic E-state index is 0.184. The zero-order valence-corrected chi connectivity index (χ0v) is 11.6. The van der Waals surface area contributed by atoms with Crippen LogP contribution in [0, 0.1) is 5.92 Å². The van der Waals surface area contributed by atoms with Gasteiger partial charge in [0.1, 0.15) is 0 Å². The fraction of sp³-hybridized carbons (Fsp3) is 0.500. The number of aliphatic hydroxyl groups excluding tert-OH is 1. The van der Waals surface area contributed by atoms with Gasteiger partial charge in [0.05, 0.1) is 6.10 Å². The minimum Gasteiger partial charge on any atom is -0.391 e. The first kappa shape index (κ1) is 15.0. The van der Waals surface area contributed by atoms with Crippen molar-refractivity contribution < 1.29 is 9.90 Å². The highest BCUT2D eigenvalue weighted by atomic mass is 35.5. The van der Waals surface area contributed by atoms with Crippen molar-refractivity contribution in [1.82, 2.24) is 5.32 Å². The van der Waals surface area contributed by atoms with Crippen LogP contribution in [0.2, 0.25) is 5.02 Å². The van der Waals surface area contributed by atoms with Gasteiger partial charge >= 0.3 is 0 Å². The largest absolute Gasteiger partial charge is 0.391 e. The van der Waals surface area contributed by atoms with Crippen LogP contribution >= 0.6 is 11.6 Å². The number of halogens is 1. The standard InChI is InChI=1S/C14H20ClNO2/c1-3-10(4-2)13(17)9-16-14(18)11-5-7-12(15)8-6-11/h5-8,10,13,17H,3-4,9H2,1-2H3,(H,16,18). The Morgan fingerprint density at radius 2 is 1.83 bits per heavy atom. The number of hydrogen-bond donors (Lipinski definition) is 2. The van der Waals surface area contributed by atoms with Gasteiger partial charge in [-0.2, -0.15) is 0 Å². The van der Waals surface area contributed by atoms with Crippen LogP contribution in [0.1, 0.15) is 37.0 Å². The van der Waals surface area contributed by atoms with E-state index in [1.165, 1.54) is 0 Å². The van der Waals surface area contributed by atoms with Crippen molar-refractivity contribution in [2.24, 2.45) is 5.92 Å². The van der Waals surface area contributed by atoms with Crippen molar-refractivity contribution in [2.45, 2.75) is 32.8 Å². The van der Waals surface area contributed by atoms with Crippen molar-refractivity contribution in [2.75, 3.05) is 6.54 Å². The minimum atomic E-state index is -0.490. The maximum Gasteiger partial charge on any atom is 0.251 e. The summed E-state index contributed by atoms with van der Waals surface area (Å²) in [5.74, 6) is 0.0483. The quantitative estimate of drug-likeness (QED) is 0.834. The van der Waals surface area contributed by atoms with E-state index in [1.54, 1.807) is 24.3 Å². The summed E-state index contributed by atoms with van der Waals surface area (Å²) < 4.78 is 0. The fourth-order valence-corrected chi connectivity index (χ4v) is 2.03. The van der Waals surface area contributed by atoms with Gasteiger partial charge in [0.2, 0.25) is 0 Å². The van der Waals surface area contributed by atoms with Crippen LogP contribution in [-0.2, 0) is 0 Å². The van der Waals surface area contributed by atoms with Gasteiger partial charge in [0.15, 0.2) is 0 Å². The van der Waals surface area contributed by atoms with Crippen molar-refractivity contribution >= 4 is 17.5 Å². The number of carbonyl (C=O) groups is 1. The first-order valence-electron chi connectivity index (χ1n) is 6.30. The molecule has 0 spiro atoms. The molecular weight excluding hydrogens is 250 g/mol. The number of carbonyl (C=O) groups excluding carboxylic acids is 1. The lowest BCUT2D eigenvalue weighted by molar-refractivity contribution is 0.0816.